The molecule has 1 N–H and O–H groups in total. The topological polar surface area (TPSA) is 102 Å². The number of hydrogen-bond acceptors (Lipinski definition) is 6. The van der Waals surface area contributed by atoms with Crippen molar-refractivity contribution in [3.63, 3.8) is 0 Å². The standard InChI is InChI=1S/C21H26N2O6S/c1-4-22-30(26,27)19-8-6-7-17(13-19)21(25)29-15-20(24)23(3)14-16-9-11-18(12-10-16)28-5-2/h6-13,22H,4-5,14-15H2,1-3H3. The number of nitrogens with zero attached hydrogens (tertiary/aromatic N) is 1. The molecule has 0 aliphatic carbocycles. The zero-order valence-electron chi connectivity index (χ0n) is 17.3. The number of amides is 1. The first-order valence-electron chi connectivity index (χ1n) is 9.49. The molecule has 0 aromatic heterocycles. The lowest BCUT2D eigenvalue weighted by atomic mass is 10.2. The summed E-state index contributed by atoms with van der Waals surface area (Å²) in [5, 5.41) is 0. The van der Waals surface area contributed by atoms with Crippen LogP contribution in [-0.4, -0.2) is 52.0 Å². The third-order valence-corrected chi connectivity index (χ3v) is 5.66. The van der Waals surface area contributed by atoms with Crippen LogP contribution < -0.4 is 9.46 Å². The molecule has 0 aliphatic rings. The Kier molecular flexibility index (Phi) is 8.37. The highest BCUT2D eigenvalue weighted by Gasteiger charge is 2.17. The molecule has 30 heavy (non-hydrogen) atoms. The van der Waals surface area contributed by atoms with Gasteiger partial charge in [0.15, 0.2) is 6.61 Å². The van der Waals surface area contributed by atoms with E-state index in [1.165, 1.54) is 29.2 Å². The fourth-order valence-corrected chi connectivity index (χ4v) is 3.69. The summed E-state index contributed by atoms with van der Waals surface area (Å²) < 4.78 is 36.9. The molecule has 1 amide bonds. The summed E-state index contributed by atoms with van der Waals surface area (Å²) in [6.45, 7) is 4.26. The number of rotatable bonds is 10. The zero-order chi connectivity index (χ0) is 22.1. The van der Waals surface area contributed by atoms with Crippen molar-refractivity contribution in [1.82, 2.24) is 9.62 Å². The predicted molar refractivity (Wildman–Crippen MR) is 112 cm³/mol. The molecule has 0 fully saturated rings. The average Bonchev–Trinajstić information content (AvgIpc) is 2.73. The maximum Gasteiger partial charge on any atom is 0.338 e. The van der Waals surface area contributed by atoms with E-state index in [0.717, 1.165) is 11.3 Å². The van der Waals surface area contributed by atoms with Gasteiger partial charge in [-0.2, -0.15) is 0 Å². The van der Waals surface area contributed by atoms with Crippen molar-refractivity contribution in [1.29, 1.82) is 0 Å². The van der Waals surface area contributed by atoms with Gasteiger partial charge in [0.2, 0.25) is 10.0 Å². The molecule has 0 saturated carbocycles. The van der Waals surface area contributed by atoms with E-state index in [4.69, 9.17) is 9.47 Å². The van der Waals surface area contributed by atoms with Gasteiger partial charge in [0.1, 0.15) is 5.75 Å². The molecule has 0 radical (unpaired) electrons. The summed E-state index contributed by atoms with van der Waals surface area (Å²) in [7, 11) is -2.09. The van der Waals surface area contributed by atoms with E-state index < -0.39 is 22.6 Å². The van der Waals surface area contributed by atoms with Crippen LogP contribution in [0.5, 0.6) is 5.75 Å². The number of hydrogen-bond donors (Lipinski definition) is 1. The largest absolute Gasteiger partial charge is 0.494 e. The SMILES string of the molecule is CCNS(=O)(=O)c1cccc(C(=O)OCC(=O)N(C)Cc2ccc(OCC)cc2)c1. The van der Waals surface area contributed by atoms with E-state index >= 15 is 0 Å². The lowest BCUT2D eigenvalue weighted by Gasteiger charge is -2.17. The molecule has 0 unspecified atom stereocenters. The molecular weight excluding hydrogens is 408 g/mol. The van der Waals surface area contributed by atoms with E-state index in [2.05, 4.69) is 4.72 Å². The molecule has 162 valence electrons. The van der Waals surface area contributed by atoms with E-state index in [-0.39, 0.29) is 22.9 Å². The number of sulfonamides is 1. The monoisotopic (exact) mass is 434 g/mol. The fraction of sp³-hybridized carbons (Fsp3) is 0.333. The van der Waals surface area contributed by atoms with Crippen LogP contribution in [-0.2, 0) is 26.1 Å². The van der Waals surface area contributed by atoms with Crippen LogP contribution in [0.1, 0.15) is 29.8 Å². The van der Waals surface area contributed by atoms with Gasteiger partial charge < -0.3 is 14.4 Å². The quantitative estimate of drug-likeness (QED) is 0.575. The summed E-state index contributed by atoms with van der Waals surface area (Å²) in [5.41, 5.74) is 0.956. The lowest BCUT2D eigenvalue weighted by molar-refractivity contribution is -0.133. The van der Waals surface area contributed by atoms with E-state index in [1.807, 2.05) is 31.2 Å². The summed E-state index contributed by atoms with van der Waals surface area (Å²) in [6.07, 6.45) is 0. The third-order valence-electron chi connectivity index (χ3n) is 4.12. The van der Waals surface area contributed by atoms with Crippen molar-refractivity contribution in [2.24, 2.45) is 0 Å². The van der Waals surface area contributed by atoms with Crippen LogP contribution in [0.4, 0.5) is 0 Å². The van der Waals surface area contributed by atoms with Gasteiger partial charge in [-0.05, 0) is 42.8 Å². The van der Waals surface area contributed by atoms with E-state index in [1.54, 1.807) is 14.0 Å². The molecule has 0 aliphatic heterocycles. The molecule has 0 saturated heterocycles. The third kappa shape index (κ3) is 6.57. The minimum absolute atomic E-state index is 0.0438. The summed E-state index contributed by atoms with van der Waals surface area (Å²) in [4.78, 5) is 25.9. The van der Waals surface area contributed by atoms with Gasteiger partial charge in [0.05, 0.1) is 17.1 Å². The maximum atomic E-state index is 12.3. The van der Waals surface area contributed by atoms with E-state index in [0.29, 0.717) is 13.2 Å². The fourth-order valence-electron chi connectivity index (χ4n) is 2.60. The Labute approximate surface area is 176 Å². The van der Waals surface area contributed by atoms with E-state index in [9.17, 15) is 18.0 Å². The number of carbonyl (C=O) groups excluding carboxylic acids is 2. The molecule has 0 spiro atoms. The minimum Gasteiger partial charge on any atom is -0.494 e. The van der Waals surface area contributed by atoms with Crippen molar-refractivity contribution in [2.45, 2.75) is 25.3 Å². The molecular formula is C21H26N2O6S. The molecule has 9 heteroatoms. The van der Waals surface area contributed by atoms with Crippen molar-refractivity contribution >= 4 is 21.9 Å². The Morgan fingerprint density at radius 2 is 1.77 bits per heavy atom. The maximum absolute atomic E-state index is 12.3. The zero-order valence-corrected chi connectivity index (χ0v) is 18.1. The molecule has 2 aromatic rings. The van der Waals surface area contributed by atoms with Gasteiger partial charge >= 0.3 is 5.97 Å². The first kappa shape index (κ1) is 23.4. The number of ether oxygens (including phenoxy) is 2. The summed E-state index contributed by atoms with van der Waals surface area (Å²) >= 11 is 0. The Morgan fingerprint density at radius 1 is 1.07 bits per heavy atom. The highest BCUT2D eigenvalue weighted by Crippen LogP contribution is 2.14. The second-order valence-electron chi connectivity index (χ2n) is 6.43. The van der Waals surface area contributed by atoms with Crippen molar-refractivity contribution in [2.75, 3.05) is 26.8 Å². The molecule has 0 heterocycles. The normalized spacial score (nSPS) is 11.0. The van der Waals surface area contributed by atoms with Gasteiger partial charge in [-0.1, -0.05) is 25.1 Å². The first-order valence-corrected chi connectivity index (χ1v) is 11.0. The van der Waals surface area contributed by atoms with Gasteiger partial charge in [-0.3, -0.25) is 4.79 Å². The van der Waals surface area contributed by atoms with Gasteiger partial charge in [-0.15, -0.1) is 0 Å². The van der Waals surface area contributed by atoms with Crippen LogP contribution in [0.3, 0.4) is 0 Å². The van der Waals surface area contributed by atoms with Gasteiger partial charge in [-0.25, -0.2) is 17.9 Å². The number of likely N-dealkylation sites (N-methyl/N-ethyl adjacent to an activating group) is 1. The molecule has 0 bridgehead atoms. The van der Waals surface area contributed by atoms with Crippen LogP contribution in [0.25, 0.3) is 0 Å². The second kappa shape index (κ2) is 10.7. The molecule has 8 nitrogen and oxygen atoms in total. The molecule has 0 atom stereocenters. The highest BCUT2D eigenvalue weighted by molar-refractivity contribution is 7.89. The summed E-state index contributed by atoms with van der Waals surface area (Å²) in [6, 6.07) is 12.8. The first-order chi connectivity index (χ1) is 14.3. The van der Waals surface area contributed by atoms with Crippen molar-refractivity contribution in [3.05, 3.63) is 59.7 Å². The van der Waals surface area contributed by atoms with Gasteiger partial charge in [0.25, 0.3) is 5.91 Å². The molecule has 2 aromatic carbocycles. The Morgan fingerprint density at radius 3 is 2.40 bits per heavy atom. The van der Waals surface area contributed by atoms with Crippen LogP contribution in [0.15, 0.2) is 53.4 Å². The Bertz CT molecular complexity index is 973. The van der Waals surface area contributed by atoms with Crippen molar-refractivity contribution in [3.8, 4) is 5.75 Å². The average molecular weight is 435 g/mol. The van der Waals surface area contributed by atoms with Crippen LogP contribution in [0.2, 0.25) is 0 Å². The smallest absolute Gasteiger partial charge is 0.338 e. The molecule has 2 rings (SSSR count). The van der Waals surface area contributed by atoms with Crippen LogP contribution in [0, 0.1) is 0 Å². The van der Waals surface area contributed by atoms with Crippen LogP contribution >= 0.6 is 0 Å². The van der Waals surface area contributed by atoms with Crippen molar-refractivity contribution < 1.29 is 27.5 Å². The summed E-state index contributed by atoms with van der Waals surface area (Å²) in [5.74, 6) is -0.400. The predicted octanol–water partition coefficient (Wildman–Crippen LogP) is 2.20. The number of esters is 1. The minimum atomic E-state index is -3.69. The second-order valence-corrected chi connectivity index (χ2v) is 8.20. The number of carbonyl (C=O) groups is 2. The number of nitrogens with one attached hydrogen (secondary N) is 1. The lowest BCUT2D eigenvalue weighted by Crippen LogP contribution is -2.30. The Balaban J connectivity index is 1.93. The number of benzene rings is 2. The Hall–Kier alpha value is -2.91. The highest BCUT2D eigenvalue weighted by atomic mass is 32.2. The van der Waals surface area contributed by atoms with Gasteiger partial charge in [0, 0.05) is 20.1 Å².